The van der Waals surface area contributed by atoms with Crippen molar-refractivity contribution in [2.45, 2.75) is 32.7 Å². The zero-order valence-electron chi connectivity index (χ0n) is 18.0. The van der Waals surface area contributed by atoms with Crippen molar-refractivity contribution in [1.29, 1.82) is 0 Å². The minimum Gasteiger partial charge on any atom is -0.321 e. The Morgan fingerprint density at radius 3 is 2.62 bits per heavy atom. The molecule has 0 saturated carbocycles. The van der Waals surface area contributed by atoms with Gasteiger partial charge in [-0.25, -0.2) is 9.97 Å². The van der Waals surface area contributed by atoms with E-state index in [1.54, 1.807) is 23.2 Å². The molecule has 2 N–H and O–H groups in total. The highest BCUT2D eigenvalue weighted by Gasteiger charge is 2.17. The smallest absolute Gasteiger partial charge is 0.266 e. The highest BCUT2D eigenvalue weighted by atomic mass is 79.9. The number of benzene rings is 1. The molecule has 0 spiro atoms. The van der Waals surface area contributed by atoms with Crippen LogP contribution in [0.25, 0.3) is 16.6 Å². The Kier molecular flexibility index (Phi) is 5.52. The maximum atomic E-state index is 13.3. The highest BCUT2D eigenvalue weighted by molar-refractivity contribution is 9.10. The fraction of sp³-hybridized carbons (Fsp3) is 0.304. The first kappa shape index (κ1) is 20.8. The summed E-state index contributed by atoms with van der Waals surface area (Å²) in [7, 11) is 0. The predicted molar refractivity (Wildman–Crippen MR) is 129 cm³/mol. The van der Waals surface area contributed by atoms with Crippen molar-refractivity contribution in [3.8, 4) is 5.69 Å². The lowest BCUT2D eigenvalue weighted by Crippen LogP contribution is -2.29. The van der Waals surface area contributed by atoms with Gasteiger partial charge in [0.25, 0.3) is 5.56 Å². The average Bonchev–Trinajstić information content (AvgIpc) is 3.26. The SMILES string of the molecule is Cc1cccc(C)c1-n1cc(Br)c2nc(Nc3cnn(C4CCNCC4)c3)ncc2c1=O. The first-order valence-electron chi connectivity index (χ1n) is 10.7. The van der Waals surface area contributed by atoms with Crippen molar-refractivity contribution < 1.29 is 0 Å². The lowest BCUT2D eigenvalue weighted by Gasteiger charge is -2.22. The van der Waals surface area contributed by atoms with Gasteiger partial charge in [-0.3, -0.25) is 14.0 Å². The lowest BCUT2D eigenvalue weighted by atomic mass is 10.1. The van der Waals surface area contributed by atoms with Gasteiger partial charge in [0.1, 0.15) is 0 Å². The molecular weight excluding hydrogens is 470 g/mol. The van der Waals surface area contributed by atoms with E-state index < -0.39 is 0 Å². The second kappa shape index (κ2) is 8.48. The van der Waals surface area contributed by atoms with Gasteiger partial charge in [0.2, 0.25) is 5.95 Å². The number of aryl methyl sites for hydroxylation is 2. The number of para-hydroxylation sites is 1. The summed E-state index contributed by atoms with van der Waals surface area (Å²) in [5.41, 5.74) is 4.19. The third-order valence-corrected chi connectivity index (χ3v) is 6.51. The Labute approximate surface area is 193 Å². The van der Waals surface area contributed by atoms with Crippen LogP contribution in [-0.2, 0) is 0 Å². The molecule has 1 aromatic carbocycles. The molecule has 1 fully saturated rings. The van der Waals surface area contributed by atoms with Gasteiger partial charge >= 0.3 is 0 Å². The minimum atomic E-state index is -0.147. The molecule has 0 aliphatic carbocycles. The van der Waals surface area contributed by atoms with Gasteiger partial charge in [0, 0.05) is 18.6 Å². The van der Waals surface area contributed by atoms with E-state index in [2.05, 4.69) is 41.6 Å². The second-order valence-electron chi connectivity index (χ2n) is 8.16. The van der Waals surface area contributed by atoms with Crippen molar-refractivity contribution in [3.63, 3.8) is 0 Å². The Bertz CT molecular complexity index is 1330. The van der Waals surface area contributed by atoms with Crippen LogP contribution in [-0.4, -0.2) is 37.4 Å². The van der Waals surface area contributed by atoms with E-state index in [-0.39, 0.29) is 5.56 Å². The molecule has 0 amide bonds. The molecule has 9 heteroatoms. The summed E-state index contributed by atoms with van der Waals surface area (Å²) in [4.78, 5) is 22.3. The molecule has 5 rings (SSSR count). The van der Waals surface area contributed by atoms with Gasteiger partial charge < -0.3 is 10.6 Å². The minimum absolute atomic E-state index is 0.147. The van der Waals surface area contributed by atoms with E-state index in [0.717, 1.165) is 52.9 Å². The lowest BCUT2D eigenvalue weighted by molar-refractivity contribution is 0.343. The molecule has 1 aliphatic rings. The molecule has 0 bridgehead atoms. The normalized spacial score (nSPS) is 14.7. The maximum Gasteiger partial charge on any atom is 0.266 e. The van der Waals surface area contributed by atoms with E-state index in [4.69, 9.17) is 0 Å². The average molecular weight is 494 g/mol. The summed E-state index contributed by atoms with van der Waals surface area (Å²) in [6.45, 7) is 6.02. The molecule has 4 aromatic rings. The largest absolute Gasteiger partial charge is 0.321 e. The number of rotatable bonds is 4. The molecule has 32 heavy (non-hydrogen) atoms. The quantitative estimate of drug-likeness (QED) is 0.446. The van der Waals surface area contributed by atoms with Crippen LogP contribution in [0.4, 0.5) is 11.6 Å². The fourth-order valence-corrected chi connectivity index (χ4v) is 4.80. The van der Waals surface area contributed by atoms with Crippen LogP contribution in [0, 0.1) is 13.8 Å². The predicted octanol–water partition coefficient (Wildman–Crippen LogP) is 4.02. The van der Waals surface area contributed by atoms with Crippen LogP contribution in [0.5, 0.6) is 0 Å². The molecule has 0 unspecified atom stereocenters. The topological polar surface area (TPSA) is 89.7 Å². The number of anilines is 2. The van der Waals surface area contributed by atoms with Gasteiger partial charge in [-0.1, -0.05) is 18.2 Å². The van der Waals surface area contributed by atoms with Gasteiger partial charge in [-0.05, 0) is 66.8 Å². The summed E-state index contributed by atoms with van der Waals surface area (Å²) in [5, 5.41) is 11.5. The van der Waals surface area contributed by atoms with Crippen LogP contribution in [0.3, 0.4) is 0 Å². The Morgan fingerprint density at radius 2 is 1.88 bits per heavy atom. The third kappa shape index (κ3) is 3.82. The van der Waals surface area contributed by atoms with Gasteiger partial charge in [0.15, 0.2) is 0 Å². The number of nitrogens with one attached hydrogen (secondary N) is 2. The molecular formula is C23H24BrN7O. The van der Waals surface area contributed by atoms with E-state index in [0.29, 0.717) is 22.9 Å². The first-order chi connectivity index (χ1) is 15.5. The van der Waals surface area contributed by atoms with E-state index in [1.165, 1.54) is 0 Å². The molecule has 0 atom stereocenters. The number of fused-ring (bicyclic) bond motifs is 1. The first-order valence-corrected chi connectivity index (χ1v) is 11.5. The molecule has 164 valence electrons. The number of pyridine rings is 1. The summed E-state index contributed by atoms with van der Waals surface area (Å²) >= 11 is 3.60. The van der Waals surface area contributed by atoms with Crippen molar-refractivity contribution in [3.05, 3.63) is 68.9 Å². The van der Waals surface area contributed by atoms with Gasteiger partial charge in [-0.15, -0.1) is 0 Å². The van der Waals surface area contributed by atoms with E-state index >= 15 is 0 Å². The van der Waals surface area contributed by atoms with Crippen molar-refractivity contribution in [2.75, 3.05) is 18.4 Å². The van der Waals surface area contributed by atoms with E-state index in [1.807, 2.05) is 42.9 Å². The number of piperidine rings is 1. The summed E-state index contributed by atoms with van der Waals surface area (Å²) in [6, 6.07) is 6.39. The molecule has 1 aliphatic heterocycles. The standard InChI is InChI=1S/C23H24BrN7O/c1-14-4-3-5-15(2)21(14)30-13-19(24)20-18(22(30)32)11-26-23(29-20)28-16-10-27-31(12-16)17-6-8-25-9-7-17/h3-5,10-13,17,25H,6-9H2,1-2H3,(H,26,28,29). The Morgan fingerprint density at radius 1 is 1.12 bits per heavy atom. The maximum absolute atomic E-state index is 13.3. The van der Waals surface area contributed by atoms with Crippen molar-refractivity contribution in [2.24, 2.45) is 0 Å². The van der Waals surface area contributed by atoms with Crippen LogP contribution in [0.15, 0.2) is 52.3 Å². The Balaban J connectivity index is 1.48. The van der Waals surface area contributed by atoms with Crippen LogP contribution < -0.4 is 16.2 Å². The van der Waals surface area contributed by atoms with Crippen molar-refractivity contribution >= 4 is 38.5 Å². The molecule has 3 aromatic heterocycles. The molecule has 1 saturated heterocycles. The van der Waals surface area contributed by atoms with Crippen LogP contribution >= 0.6 is 15.9 Å². The third-order valence-electron chi connectivity index (χ3n) is 5.93. The summed E-state index contributed by atoms with van der Waals surface area (Å²) < 4.78 is 4.39. The second-order valence-corrected chi connectivity index (χ2v) is 9.02. The summed E-state index contributed by atoms with van der Waals surface area (Å²) in [6.07, 6.45) is 9.26. The monoisotopic (exact) mass is 493 g/mol. The number of aromatic nitrogens is 5. The van der Waals surface area contributed by atoms with Gasteiger partial charge in [-0.2, -0.15) is 5.10 Å². The zero-order valence-corrected chi connectivity index (χ0v) is 19.6. The molecule has 8 nitrogen and oxygen atoms in total. The van der Waals surface area contributed by atoms with Crippen LogP contribution in [0.1, 0.15) is 30.0 Å². The number of hydrogen-bond acceptors (Lipinski definition) is 6. The van der Waals surface area contributed by atoms with Crippen LogP contribution in [0.2, 0.25) is 0 Å². The number of nitrogens with zero attached hydrogens (tertiary/aromatic N) is 5. The fourth-order valence-electron chi connectivity index (χ4n) is 4.30. The van der Waals surface area contributed by atoms with Gasteiger partial charge in [0.05, 0.1) is 39.0 Å². The highest BCUT2D eigenvalue weighted by Crippen LogP contribution is 2.25. The Hall–Kier alpha value is -3.04. The van der Waals surface area contributed by atoms with E-state index in [9.17, 15) is 4.79 Å². The number of hydrogen-bond donors (Lipinski definition) is 2. The molecule has 0 radical (unpaired) electrons. The van der Waals surface area contributed by atoms with Crippen molar-refractivity contribution in [1.82, 2.24) is 29.6 Å². The molecule has 4 heterocycles. The number of halogens is 1. The summed E-state index contributed by atoms with van der Waals surface area (Å²) in [5.74, 6) is 0.423. The zero-order chi connectivity index (χ0) is 22.2.